The molecule has 1 saturated heterocycles. The minimum atomic E-state index is 0.0963. The van der Waals surface area contributed by atoms with E-state index in [9.17, 15) is 4.79 Å². The highest BCUT2D eigenvalue weighted by molar-refractivity contribution is 5.87. The van der Waals surface area contributed by atoms with Crippen LogP contribution >= 0.6 is 0 Å². The van der Waals surface area contributed by atoms with Crippen LogP contribution in [0.5, 0.6) is 5.75 Å². The van der Waals surface area contributed by atoms with Gasteiger partial charge in [-0.15, -0.1) is 0 Å². The van der Waals surface area contributed by atoms with Crippen molar-refractivity contribution in [1.29, 1.82) is 0 Å². The van der Waals surface area contributed by atoms with Crippen molar-refractivity contribution in [3.05, 3.63) is 30.0 Å². The van der Waals surface area contributed by atoms with Crippen molar-refractivity contribution in [2.75, 3.05) is 20.2 Å². The molecule has 1 aliphatic rings. The predicted molar refractivity (Wildman–Crippen MR) is 74.5 cm³/mol. The standard InChI is InChI=1S/C15H18N2O2/c1-19-12-2-3-14-13(7-12)10(9-17-14)6-11-8-16-5-4-15(11)18/h2-3,7,9,11,16-17H,4-6,8H2,1H3. The fourth-order valence-electron chi connectivity index (χ4n) is 2.71. The van der Waals surface area contributed by atoms with Crippen LogP contribution in [-0.2, 0) is 11.2 Å². The smallest absolute Gasteiger partial charge is 0.138 e. The number of aromatic amines is 1. The van der Waals surface area contributed by atoms with E-state index in [0.29, 0.717) is 12.2 Å². The molecule has 0 saturated carbocycles. The molecule has 2 aromatic rings. The van der Waals surface area contributed by atoms with Gasteiger partial charge in [-0.1, -0.05) is 0 Å². The van der Waals surface area contributed by atoms with Crippen LogP contribution in [0, 0.1) is 5.92 Å². The number of hydrogen-bond donors (Lipinski definition) is 2. The molecule has 2 N–H and O–H groups in total. The lowest BCUT2D eigenvalue weighted by Gasteiger charge is -2.21. The summed E-state index contributed by atoms with van der Waals surface area (Å²) in [5.41, 5.74) is 2.28. The molecular weight excluding hydrogens is 240 g/mol. The molecule has 0 amide bonds. The SMILES string of the molecule is COc1ccc2[nH]cc(CC3CNCCC3=O)c2c1. The summed E-state index contributed by atoms with van der Waals surface area (Å²) >= 11 is 0. The Kier molecular flexibility index (Phi) is 3.25. The van der Waals surface area contributed by atoms with Crippen molar-refractivity contribution in [1.82, 2.24) is 10.3 Å². The Morgan fingerprint density at radius 2 is 2.32 bits per heavy atom. The third kappa shape index (κ3) is 2.36. The van der Waals surface area contributed by atoms with Gasteiger partial charge in [0.1, 0.15) is 11.5 Å². The number of hydrogen-bond acceptors (Lipinski definition) is 3. The molecule has 4 heteroatoms. The Hall–Kier alpha value is -1.81. The van der Waals surface area contributed by atoms with Crippen molar-refractivity contribution >= 4 is 16.7 Å². The van der Waals surface area contributed by atoms with E-state index in [1.807, 2.05) is 24.4 Å². The van der Waals surface area contributed by atoms with Gasteiger partial charge in [0.25, 0.3) is 0 Å². The first-order valence-electron chi connectivity index (χ1n) is 6.65. The van der Waals surface area contributed by atoms with E-state index in [0.717, 1.165) is 36.2 Å². The van der Waals surface area contributed by atoms with E-state index >= 15 is 0 Å². The number of fused-ring (bicyclic) bond motifs is 1. The molecule has 1 aromatic carbocycles. The molecule has 1 aromatic heterocycles. The predicted octanol–water partition coefficient (Wildman–Crippen LogP) is 1.90. The van der Waals surface area contributed by atoms with Crippen molar-refractivity contribution in [3.8, 4) is 5.75 Å². The number of Topliss-reactive ketones (excluding diaryl/α,β-unsaturated/α-hetero) is 1. The Bertz CT molecular complexity index is 603. The molecule has 0 aliphatic carbocycles. The fourth-order valence-corrected chi connectivity index (χ4v) is 2.71. The summed E-state index contributed by atoms with van der Waals surface area (Å²) in [5, 5.41) is 4.44. The molecule has 19 heavy (non-hydrogen) atoms. The summed E-state index contributed by atoms with van der Waals surface area (Å²) in [6, 6.07) is 5.98. The molecule has 0 bridgehead atoms. The van der Waals surface area contributed by atoms with Crippen LogP contribution in [0.1, 0.15) is 12.0 Å². The third-order valence-electron chi connectivity index (χ3n) is 3.84. The molecule has 1 aliphatic heterocycles. The van der Waals surface area contributed by atoms with Gasteiger partial charge < -0.3 is 15.0 Å². The Morgan fingerprint density at radius 3 is 3.11 bits per heavy atom. The number of carbonyl (C=O) groups excluding carboxylic acids is 1. The van der Waals surface area contributed by atoms with Crippen LogP contribution in [0.25, 0.3) is 10.9 Å². The zero-order valence-corrected chi connectivity index (χ0v) is 11.0. The highest BCUT2D eigenvalue weighted by Gasteiger charge is 2.23. The van der Waals surface area contributed by atoms with Crippen LogP contribution in [0.3, 0.4) is 0 Å². The van der Waals surface area contributed by atoms with Gasteiger partial charge in [0, 0.05) is 42.5 Å². The number of piperidine rings is 1. The molecule has 100 valence electrons. The zero-order chi connectivity index (χ0) is 13.2. The molecule has 3 rings (SSSR count). The van der Waals surface area contributed by atoms with E-state index in [2.05, 4.69) is 10.3 Å². The first-order valence-corrected chi connectivity index (χ1v) is 6.65. The molecule has 1 atom stereocenters. The highest BCUT2D eigenvalue weighted by Crippen LogP contribution is 2.26. The average molecular weight is 258 g/mol. The molecule has 1 unspecified atom stereocenters. The average Bonchev–Trinajstić information content (AvgIpc) is 2.84. The van der Waals surface area contributed by atoms with Crippen LogP contribution in [0.15, 0.2) is 24.4 Å². The van der Waals surface area contributed by atoms with E-state index in [-0.39, 0.29) is 5.92 Å². The Labute approximate surface area is 112 Å². The number of carbonyl (C=O) groups is 1. The summed E-state index contributed by atoms with van der Waals surface area (Å²) in [6.07, 6.45) is 3.45. The highest BCUT2D eigenvalue weighted by atomic mass is 16.5. The maximum Gasteiger partial charge on any atom is 0.138 e. The summed E-state index contributed by atoms with van der Waals surface area (Å²) < 4.78 is 5.26. The second kappa shape index (κ2) is 5.05. The molecule has 4 nitrogen and oxygen atoms in total. The number of methoxy groups -OCH3 is 1. The Balaban J connectivity index is 1.89. The molecule has 2 heterocycles. The lowest BCUT2D eigenvalue weighted by atomic mass is 9.91. The van der Waals surface area contributed by atoms with Crippen LogP contribution in [0.2, 0.25) is 0 Å². The normalized spacial score (nSPS) is 19.8. The molecule has 0 spiro atoms. The lowest BCUT2D eigenvalue weighted by Crippen LogP contribution is -2.37. The second-order valence-electron chi connectivity index (χ2n) is 5.05. The van der Waals surface area contributed by atoms with Gasteiger partial charge in [-0.25, -0.2) is 0 Å². The number of benzene rings is 1. The van der Waals surface area contributed by atoms with Crippen molar-refractivity contribution in [2.45, 2.75) is 12.8 Å². The maximum absolute atomic E-state index is 11.9. The van der Waals surface area contributed by atoms with Gasteiger partial charge in [-0.2, -0.15) is 0 Å². The van der Waals surface area contributed by atoms with Crippen LogP contribution in [-0.4, -0.2) is 31.0 Å². The number of ether oxygens (including phenoxy) is 1. The summed E-state index contributed by atoms with van der Waals surface area (Å²) in [5.74, 6) is 1.32. The lowest BCUT2D eigenvalue weighted by molar-refractivity contribution is -0.123. The van der Waals surface area contributed by atoms with Gasteiger partial charge in [0.2, 0.25) is 0 Å². The first-order chi connectivity index (χ1) is 9.28. The fraction of sp³-hybridized carbons (Fsp3) is 0.400. The molecule has 1 fully saturated rings. The number of aromatic nitrogens is 1. The van der Waals surface area contributed by atoms with E-state index < -0.39 is 0 Å². The van der Waals surface area contributed by atoms with Crippen molar-refractivity contribution < 1.29 is 9.53 Å². The van der Waals surface area contributed by atoms with Gasteiger partial charge >= 0.3 is 0 Å². The zero-order valence-electron chi connectivity index (χ0n) is 11.0. The quantitative estimate of drug-likeness (QED) is 0.884. The van der Waals surface area contributed by atoms with Crippen molar-refractivity contribution in [3.63, 3.8) is 0 Å². The number of ketones is 1. The monoisotopic (exact) mass is 258 g/mol. The molecular formula is C15H18N2O2. The van der Waals surface area contributed by atoms with E-state index in [1.165, 1.54) is 5.56 Å². The first kappa shape index (κ1) is 12.2. The summed E-state index contributed by atoms with van der Waals surface area (Å²) in [7, 11) is 1.67. The molecule has 0 radical (unpaired) electrons. The van der Waals surface area contributed by atoms with E-state index in [4.69, 9.17) is 4.74 Å². The van der Waals surface area contributed by atoms with Gasteiger partial charge in [-0.3, -0.25) is 4.79 Å². The largest absolute Gasteiger partial charge is 0.497 e. The summed E-state index contributed by atoms with van der Waals surface area (Å²) in [4.78, 5) is 15.2. The van der Waals surface area contributed by atoms with Crippen molar-refractivity contribution in [2.24, 2.45) is 5.92 Å². The Morgan fingerprint density at radius 1 is 1.42 bits per heavy atom. The number of rotatable bonds is 3. The summed E-state index contributed by atoms with van der Waals surface area (Å²) in [6.45, 7) is 1.60. The minimum absolute atomic E-state index is 0.0963. The second-order valence-corrected chi connectivity index (χ2v) is 5.05. The number of nitrogens with one attached hydrogen (secondary N) is 2. The number of H-pyrrole nitrogens is 1. The minimum Gasteiger partial charge on any atom is -0.497 e. The third-order valence-corrected chi connectivity index (χ3v) is 3.84. The van der Waals surface area contributed by atoms with Gasteiger partial charge in [-0.05, 0) is 30.2 Å². The van der Waals surface area contributed by atoms with Gasteiger partial charge in [0.05, 0.1) is 7.11 Å². The maximum atomic E-state index is 11.9. The van der Waals surface area contributed by atoms with Gasteiger partial charge in [0.15, 0.2) is 0 Å². The van der Waals surface area contributed by atoms with E-state index in [1.54, 1.807) is 7.11 Å². The van der Waals surface area contributed by atoms with Crippen LogP contribution in [0.4, 0.5) is 0 Å². The topological polar surface area (TPSA) is 54.1 Å². The van der Waals surface area contributed by atoms with Crippen LogP contribution < -0.4 is 10.1 Å².